The summed E-state index contributed by atoms with van der Waals surface area (Å²) in [5.41, 5.74) is 2.47. The van der Waals surface area contributed by atoms with Crippen molar-refractivity contribution in [3.05, 3.63) is 35.4 Å². The zero-order valence-corrected chi connectivity index (χ0v) is 11.4. The van der Waals surface area contributed by atoms with Crippen LogP contribution in [0.15, 0.2) is 24.3 Å². The fourth-order valence-electron chi connectivity index (χ4n) is 4.05. The largest absolute Gasteiger partial charge is 0.480 e. The first kappa shape index (κ1) is 13.2. The van der Waals surface area contributed by atoms with E-state index in [1.165, 1.54) is 23.3 Å². The SMILES string of the molecule is O=CN(CC(=O)O)C1c2ccccc2C2CCCCC21. The molecule has 2 aliphatic carbocycles. The molecule has 0 bridgehead atoms. The molecular formula is C16H19NO3. The van der Waals surface area contributed by atoms with Crippen molar-refractivity contribution in [1.82, 2.24) is 4.90 Å². The van der Waals surface area contributed by atoms with E-state index in [1.807, 2.05) is 12.1 Å². The van der Waals surface area contributed by atoms with E-state index in [4.69, 9.17) is 5.11 Å². The van der Waals surface area contributed by atoms with Crippen LogP contribution in [0.2, 0.25) is 0 Å². The Morgan fingerprint density at radius 3 is 2.65 bits per heavy atom. The highest BCUT2D eigenvalue weighted by atomic mass is 16.4. The van der Waals surface area contributed by atoms with Crippen LogP contribution in [0.4, 0.5) is 0 Å². The molecule has 1 fully saturated rings. The molecule has 3 unspecified atom stereocenters. The zero-order valence-electron chi connectivity index (χ0n) is 11.4. The van der Waals surface area contributed by atoms with E-state index in [-0.39, 0.29) is 12.6 Å². The Morgan fingerprint density at radius 1 is 1.25 bits per heavy atom. The van der Waals surface area contributed by atoms with Gasteiger partial charge in [-0.15, -0.1) is 0 Å². The number of nitrogens with zero attached hydrogens (tertiary/aromatic N) is 1. The summed E-state index contributed by atoms with van der Waals surface area (Å²) in [6, 6.07) is 8.14. The van der Waals surface area contributed by atoms with Crippen LogP contribution in [0.3, 0.4) is 0 Å². The van der Waals surface area contributed by atoms with Crippen LogP contribution in [0.25, 0.3) is 0 Å². The summed E-state index contributed by atoms with van der Waals surface area (Å²) in [6.45, 7) is -0.217. The maximum absolute atomic E-state index is 11.4. The molecule has 20 heavy (non-hydrogen) atoms. The minimum absolute atomic E-state index is 0.0647. The predicted molar refractivity (Wildman–Crippen MR) is 74.3 cm³/mol. The Kier molecular flexibility index (Phi) is 3.47. The smallest absolute Gasteiger partial charge is 0.323 e. The van der Waals surface area contributed by atoms with E-state index in [0.717, 1.165) is 18.4 Å². The summed E-state index contributed by atoms with van der Waals surface area (Å²) in [4.78, 5) is 23.8. The highest BCUT2D eigenvalue weighted by Crippen LogP contribution is 2.53. The molecule has 3 atom stereocenters. The van der Waals surface area contributed by atoms with Gasteiger partial charge in [-0.2, -0.15) is 0 Å². The quantitative estimate of drug-likeness (QED) is 0.858. The highest BCUT2D eigenvalue weighted by molar-refractivity contribution is 5.72. The van der Waals surface area contributed by atoms with E-state index >= 15 is 0 Å². The summed E-state index contributed by atoms with van der Waals surface area (Å²) in [5, 5.41) is 9.02. The average Bonchev–Trinajstić information content (AvgIpc) is 2.79. The van der Waals surface area contributed by atoms with Crippen LogP contribution >= 0.6 is 0 Å². The molecule has 1 saturated carbocycles. The Hall–Kier alpha value is -1.84. The number of carbonyl (C=O) groups excluding carboxylic acids is 1. The molecule has 106 valence electrons. The molecule has 0 radical (unpaired) electrons. The highest BCUT2D eigenvalue weighted by Gasteiger charge is 2.44. The molecular weight excluding hydrogens is 254 g/mol. The van der Waals surface area contributed by atoms with Crippen LogP contribution in [0, 0.1) is 5.92 Å². The van der Waals surface area contributed by atoms with Crippen molar-refractivity contribution in [2.75, 3.05) is 6.54 Å². The van der Waals surface area contributed by atoms with Gasteiger partial charge in [0.05, 0.1) is 6.04 Å². The maximum atomic E-state index is 11.4. The Balaban J connectivity index is 1.99. The van der Waals surface area contributed by atoms with Gasteiger partial charge in [0.25, 0.3) is 0 Å². The van der Waals surface area contributed by atoms with E-state index in [0.29, 0.717) is 18.2 Å². The van der Waals surface area contributed by atoms with Gasteiger partial charge >= 0.3 is 5.97 Å². The van der Waals surface area contributed by atoms with Gasteiger partial charge in [-0.3, -0.25) is 9.59 Å². The Labute approximate surface area is 118 Å². The van der Waals surface area contributed by atoms with E-state index < -0.39 is 5.97 Å². The van der Waals surface area contributed by atoms with Crippen molar-refractivity contribution >= 4 is 12.4 Å². The molecule has 4 nitrogen and oxygen atoms in total. The number of carboxylic acids is 1. The molecule has 2 aliphatic rings. The van der Waals surface area contributed by atoms with E-state index in [1.54, 1.807) is 0 Å². The molecule has 1 N–H and O–H groups in total. The molecule has 3 rings (SSSR count). The van der Waals surface area contributed by atoms with Gasteiger partial charge in [0, 0.05) is 0 Å². The van der Waals surface area contributed by atoms with Crippen LogP contribution in [-0.4, -0.2) is 28.9 Å². The fraction of sp³-hybridized carbons (Fsp3) is 0.500. The monoisotopic (exact) mass is 273 g/mol. The number of hydrogen-bond acceptors (Lipinski definition) is 2. The van der Waals surface area contributed by atoms with Crippen molar-refractivity contribution in [2.24, 2.45) is 5.92 Å². The van der Waals surface area contributed by atoms with Gasteiger partial charge in [0.1, 0.15) is 6.54 Å². The summed E-state index contributed by atoms with van der Waals surface area (Å²) >= 11 is 0. The maximum Gasteiger partial charge on any atom is 0.323 e. The number of benzene rings is 1. The lowest BCUT2D eigenvalue weighted by Crippen LogP contribution is -2.36. The summed E-state index contributed by atoms with van der Waals surface area (Å²) < 4.78 is 0. The standard InChI is InChI=1S/C16H19NO3/c18-10-17(9-15(19)20)16-13-7-3-1-5-11(13)12-6-2-4-8-14(12)16/h1,3,5,7,10,12,14,16H,2,4,6,8-9H2,(H,19,20). The second kappa shape index (κ2) is 5.27. The Bertz CT molecular complexity index is 528. The molecule has 0 aromatic heterocycles. The van der Waals surface area contributed by atoms with Crippen LogP contribution in [-0.2, 0) is 9.59 Å². The molecule has 1 amide bonds. The summed E-state index contributed by atoms with van der Waals surface area (Å²) in [5.74, 6) is -0.0827. The minimum atomic E-state index is -0.950. The number of carboxylic acid groups (broad SMARTS) is 1. The second-order valence-corrected chi connectivity index (χ2v) is 5.80. The van der Waals surface area contributed by atoms with Crippen LogP contribution in [0.1, 0.15) is 48.8 Å². The Morgan fingerprint density at radius 2 is 1.95 bits per heavy atom. The van der Waals surface area contributed by atoms with Gasteiger partial charge in [-0.1, -0.05) is 37.1 Å². The van der Waals surface area contributed by atoms with Crippen molar-refractivity contribution in [3.63, 3.8) is 0 Å². The summed E-state index contributed by atoms with van der Waals surface area (Å²) in [6.07, 6.45) is 5.33. The summed E-state index contributed by atoms with van der Waals surface area (Å²) in [7, 11) is 0. The normalized spacial score (nSPS) is 27.5. The third kappa shape index (κ3) is 2.09. The first-order chi connectivity index (χ1) is 9.72. The molecule has 1 aromatic carbocycles. The van der Waals surface area contributed by atoms with Crippen molar-refractivity contribution in [1.29, 1.82) is 0 Å². The predicted octanol–water partition coefficient (Wildman–Crippen LogP) is 2.56. The lowest BCUT2D eigenvalue weighted by atomic mass is 9.78. The number of carbonyl (C=O) groups is 2. The van der Waals surface area contributed by atoms with E-state index in [2.05, 4.69) is 12.1 Å². The van der Waals surface area contributed by atoms with Crippen LogP contribution < -0.4 is 0 Å². The number of aliphatic carboxylic acids is 1. The van der Waals surface area contributed by atoms with Crippen molar-refractivity contribution < 1.29 is 14.7 Å². The molecule has 1 aromatic rings. The van der Waals surface area contributed by atoms with Gasteiger partial charge < -0.3 is 10.0 Å². The van der Waals surface area contributed by atoms with Gasteiger partial charge in [-0.05, 0) is 35.8 Å². The van der Waals surface area contributed by atoms with E-state index in [9.17, 15) is 9.59 Å². The average molecular weight is 273 g/mol. The lowest BCUT2D eigenvalue weighted by molar-refractivity contribution is -0.142. The van der Waals surface area contributed by atoms with Crippen molar-refractivity contribution in [3.8, 4) is 0 Å². The first-order valence-corrected chi connectivity index (χ1v) is 7.24. The number of amides is 1. The van der Waals surface area contributed by atoms with Gasteiger partial charge in [0.2, 0.25) is 6.41 Å². The molecule has 0 aliphatic heterocycles. The molecule has 0 heterocycles. The first-order valence-electron chi connectivity index (χ1n) is 7.24. The third-order valence-electron chi connectivity index (χ3n) is 4.75. The van der Waals surface area contributed by atoms with Crippen molar-refractivity contribution in [2.45, 2.75) is 37.6 Å². The topological polar surface area (TPSA) is 57.6 Å². The fourth-order valence-corrected chi connectivity index (χ4v) is 4.05. The van der Waals surface area contributed by atoms with Crippen LogP contribution in [0.5, 0.6) is 0 Å². The zero-order chi connectivity index (χ0) is 14.1. The second-order valence-electron chi connectivity index (χ2n) is 5.80. The third-order valence-corrected chi connectivity index (χ3v) is 4.75. The minimum Gasteiger partial charge on any atom is -0.480 e. The van der Waals surface area contributed by atoms with Gasteiger partial charge in [-0.25, -0.2) is 0 Å². The molecule has 0 spiro atoms. The number of fused-ring (bicyclic) bond motifs is 3. The lowest BCUT2D eigenvalue weighted by Gasteiger charge is -2.34. The number of rotatable bonds is 4. The number of hydrogen-bond donors (Lipinski definition) is 1. The molecule has 0 saturated heterocycles. The molecule has 4 heteroatoms. The van der Waals surface area contributed by atoms with Gasteiger partial charge in [0.15, 0.2) is 0 Å².